The molecule has 3 aromatic rings. The number of carboxylic acids is 1. The van der Waals surface area contributed by atoms with E-state index in [9.17, 15) is 14.7 Å². The van der Waals surface area contributed by atoms with Gasteiger partial charge in [-0.25, -0.2) is 15.0 Å². The van der Waals surface area contributed by atoms with Gasteiger partial charge in [-0.1, -0.05) is 36.4 Å². The second kappa shape index (κ2) is 15.1. The van der Waals surface area contributed by atoms with Crippen molar-refractivity contribution in [1.82, 2.24) is 25.2 Å². The Morgan fingerprint density at radius 1 is 1.02 bits per heavy atom. The molecule has 0 bridgehead atoms. The lowest BCUT2D eigenvalue weighted by molar-refractivity contribution is -0.142. The molecule has 0 unspecified atom stereocenters. The Kier molecular flexibility index (Phi) is 11.0. The molecule has 0 saturated heterocycles. The summed E-state index contributed by atoms with van der Waals surface area (Å²) in [5, 5.41) is 16.2. The van der Waals surface area contributed by atoms with Crippen LogP contribution >= 0.6 is 0 Å². The van der Waals surface area contributed by atoms with Gasteiger partial charge in [0.2, 0.25) is 5.91 Å². The van der Waals surface area contributed by atoms with E-state index in [0.717, 1.165) is 68.0 Å². The number of carbonyl (C=O) groups is 2. The van der Waals surface area contributed by atoms with Gasteiger partial charge in [-0.15, -0.1) is 0 Å². The molecule has 3 heterocycles. The fourth-order valence-electron chi connectivity index (χ4n) is 5.01. The second-order valence-corrected chi connectivity index (χ2v) is 10.4. The first-order chi connectivity index (χ1) is 19.5. The highest BCUT2D eigenvalue weighted by atomic mass is 16.4. The quantitative estimate of drug-likeness (QED) is 0.246. The van der Waals surface area contributed by atoms with E-state index in [2.05, 4.69) is 37.6 Å². The van der Waals surface area contributed by atoms with Gasteiger partial charge < -0.3 is 20.6 Å². The number of hydrogen-bond acceptors (Lipinski definition) is 7. The Labute approximate surface area is 236 Å². The minimum Gasteiger partial charge on any atom is -0.481 e. The van der Waals surface area contributed by atoms with Gasteiger partial charge in [-0.05, 0) is 69.3 Å². The van der Waals surface area contributed by atoms with Crippen LogP contribution in [0.5, 0.6) is 0 Å². The van der Waals surface area contributed by atoms with E-state index >= 15 is 0 Å². The van der Waals surface area contributed by atoms with Crippen LogP contribution in [0.3, 0.4) is 0 Å². The van der Waals surface area contributed by atoms with Crippen LogP contribution in [-0.4, -0.2) is 69.6 Å². The molecule has 0 aliphatic carbocycles. The molecule has 1 aromatic carbocycles. The van der Waals surface area contributed by atoms with Crippen LogP contribution in [0.2, 0.25) is 0 Å². The normalized spacial score (nSPS) is 13.3. The summed E-state index contributed by atoms with van der Waals surface area (Å²) in [6.45, 7) is 5.18. The number of pyridine rings is 1. The summed E-state index contributed by atoms with van der Waals surface area (Å²) in [5.41, 5.74) is 4.02. The maximum absolute atomic E-state index is 12.2. The maximum atomic E-state index is 12.2. The average Bonchev–Trinajstić information content (AvgIpc) is 2.97. The number of aromatic nitrogens is 3. The molecule has 1 amide bonds. The van der Waals surface area contributed by atoms with E-state index in [-0.39, 0.29) is 5.91 Å². The molecule has 1 atom stereocenters. The van der Waals surface area contributed by atoms with Crippen LogP contribution in [-0.2, 0) is 28.9 Å². The molecule has 1 aliphatic heterocycles. The van der Waals surface area contributed by atoms with Gasteiger partial charge >= 0.3 is 5.97 Å². The number of carbonyl (C=O) groups excluding carboxylic acids is 1. The molecule has 0 saturated carbocycles. The minimum absolute atomic E-state index is 0.0616. The molecule has 212 valence electrons. The summed E-state index contributed by atoms with van der Waals surface area (Å²) >= 11 is 0. The third-order valence-electron chi connectivity index (χ3n) is 7.25. The molecule has 9 heteroatoms. The topological polar surface area (TPSA) is 120 Å². The number of rotatable bonds is 15. The zero-order valence-electron chi connectivity index (χ0n) is 23.3. The predicted molar refractivity (Wildman–Crippen MR) is 156 cm³/mol. The molecular weight excluding hydrogens is 504 g/mol. The summed E-state index contributed by atoms with van der Waals surface area (Å²) in [7, 11) is 0. The average molecular weight is 545 g/mol. The third kappa shape index (κ3) is 9.12. The van der Waals surface area contributed by atoms with Crippen molar-refractivity contribution >= 4 is 17.7 Å². The number of nitrogens with one attached hydrogen (secondary N) is 2. The smallest absolute Gasteiger partial charge is 0.306 e. The highest BCUT2D eigenvalue weighted by molar-refractivity contribution is 5.72. The van der Waals surface area contributed by atoms with Gasteiger partial charge in [-0.2, -0.15) is 0 Å². The van der Waals surface area contributed by atoms with E-state index in [4.69, 9.17) is 4.98 Å². The standard InChI is InChI=1S/C31H40N6O3/c1-23(38)32-18-21-37(19-6-5-11-27-13-12-25-10-7-16-33-30(25)35-27)20-15-26(31(39)40)22-28-14-17-34-29(36-28)24-8-3-2-4-9-24/h2-4,8-9,12-14,17,26H,5-7,10-11,15-16,18-22H2,1H3,(H,32,38)(H,33,35)(H,39,40)/t26-/m1/s1. The molecule has 2 aromatic heterocycles. The number of benzene rings is 1. The fraction of sp³-hybridized carbons (Fsp3) is 0.452. The molecular formula is C31H40N6O3. The number of fused-ring (bicyclic) bond motifs is 1. The lowest BCUT2D eigenvalue weighted by atomic mass is 9.98. The lowest BCUT2D eigenvalue weighted by Gasteiger charge is -2.24. The van der Waals surface area contributed by atoms with Crippen molar-refractivity contribution in [2.75, 3.05) is 38.0 Å². The SMILES string of the molecule is CC(=O)NCCN(CCCCc1ccc2c(n1)NCCC2)CC[C@H](Cc1ccnc(-c2ccccc2)n1)C(=O)O. The van der Waals surface area contributed by atoms with Crippen LogP contribution in [0.1, 0.15) is 49.6 Å². The number of aryl methyl sites for hydroxylation is 2. The number of anilines is 1. The zero-order chi connectivity index (χ0) is 28.2. The van der Waals surface area contributed by atoms with Crippen molar-refractivity contribution in [2.24, 2.45) is 5.92 Å². The molecule has 0 radical (unpaired) electrons. The highest BCUT2D eigenvalue weighted by Gasteiger charge is 2.21. The van der Waals surface area contributed by atoms with Gasteiger partial charge in [0.25, 0.3) is 0 Å². The van der Waals surface area contributed by atoms with Gasteiger partial charge in [0.05, 0.1) is 5.92 Å². The van der Waals surface area contributed by atoms with Crippen molar-refractivity contribution in [2.45, 2.75) is 51.9 Å². The molecule has 40 heavy (non-hydrogen) atoms. The van der Waals surface area contributed by atoms with Crippen LogP contribution in [0.4, 0.5) is 5.82 Å². The van der Waals surface area contributed by atoms with Crippen LogP contribution in [0.15, 0.2) is 54.7 Å². The van der Waals surface area contributed by atoms with E-state index in [1.807, 2.05) is 30.3 Å². The van der Waals surface area contributed by atoms with Crippen molar-refractivity contribution in [1.29, 1.82) is 0 Å². The number of nitrogens with zero attached hydrogens (tertiary/aromatic N) is 4. The first kappa shape index (κ1) is 29.1. The lowest BCUT2D eigenvalue weighted by Crippen LogP contribution is -2.36. The van der Waals surface area contributed by atoms with Crippen LogP contribution in [0.25, 0.3) is 11.4 Å². The summed E-state index contributed by atoms with van der Waals surface area (Å²) in [5.74, 6) is 0.180. The van der Waals surface area contributed by atoms with Crippen molar-refractivity contribution in [3.63, 3.8) is 0 Å². The Bertz CT molecular complexity index is 1250. The first-order valence-corrected chi connectivity index (χ1v) is 14.3. The Morgan fingerprint density at radius 2 is 1.88 bits per heavy atom. The predicted octanol–water partition coefficient (Wildman–Crippen LogP) is 3.99. The number of carboxylic acid groups (broad SMARTS) is 1. The molecule has 9 nitrogen and oxygen atoms in total. The van der Waals surface area contributed by atoms with Gasteiger partial charge in [0.1, 0.15) is 5.82 Å². The van der Waals surface area contributed by atoms with E-state index < -0.39 is 11.9 Å². The Hall–Kier alpha value is -3.85. The maximum Gasteiger partial charge on any atom is 0.306 e. The first-order valence-electron chi connectivity index (χ1n) is 14.3. The monoisotopic (exact) mass is 544 g/mol. The van der Waals surface area contributed by atoms with Crippen molar-refractivity contribution in [3.8, 4) is 11.4 Å². The van der Waals surface area contributed by atoms with E-state index in [1.54, 1.807) is 12.3 Å². The van der Waals surface area contributed by atoms with Gasteiger partial charge in [-0.3, -0.25) is 9.59 Å². The van der Waals surface area contributed by atoms with Gasteiger partial charge in [0.15, 0.2) is 5.82 Å². The molecule has 0 spiro atoms. The molecule has 0 fully saturated rings. The number of aliphatic carboxylic acids is 1. The molecule has 4 rings (SSSR count). The summed E-state index contributed by atoms with van der Waals surface area (Å²) in [6, 6.07) is 15.8. The second-order valence-electron chi connectivity index (χ2n) is 10.4. The Balaban J connectivity index is 1.30. The Morgan fingerprint density at radius 3 is 2.67 bits per heavy atom. The summed E-state index contributed by atoms with van der Waals surface area (Å²) in [4.78, 5) is 39.6. The van der Waals surface area contributed by atoms with Gasteiger partial charge in [0, 0.05) is 56.1 Å². The molecule has 1 aliphatic rings. The third-order valence-corrected chi connectivity index (χ3v) is 7.25. The number of amides is 1. The minimum atomic E-state index is -0.825. The van der Waals surface area contributed by atoms with Crippen molar-refractivity contribution in [3.05, 3.63) is 71.7 Å². The highest BCUT2D eigenvalue weighted by Crippen LogP contribution is 2.21. The van der Waals surface area contributed by atoms with E-state index in [0.29, 0.717) is 38.3 Å². The fourth-order valence-corrected chi connectivity index (χ4v) is 5.01. The van der Waals surface area contributed by atoms with Crippen LogP contribution in [0, 0.1) is 5.92 Å². The zero-order valence-corrected chi connectivity index (χ0v) is 23.3. The summed E-state index contributed by atoms with van der Waals surface area (Å²) in [6.07, 6.45) is 7.64. The number of unbranched alkanes of at least 4 members (excludes halogenated alkanes) is 1. The van der Waals surface area contributed by atoms with Crippen molar-refractivity contribution < 1.29 is 14.7 Å². The largest absolute Gasteiger partial charge is 0.481 e. The van der Waals surface area contributed by atoms with Crippen LogP contribution < -0.4 is 10.6 Å². The molecule has 3 N–H and O–H groups in total. The van der Waals surface area contributed by atoms with E-state index in [1.165, 1.54) is 12.5 Å². The number of hydrogen-bond donors (Lipinski definition) is 3. The summed E-state index contributed by atoms with van der Waals surface area (Å²) < 4.78 is 0.